The predicted octanol–water partition coefficient (Wildman–Crippen LogP) is 3.46. The van der Waals surface area contributed by atoms with Crippen molar-refractivity contribution in [1.29, 1.82) is 0 Å². The number of nitrogens with zero attached hydrogens (tertiary/aromatic N) is 3. The molecule has 0 spiro atoms. The Hall–Kier alpha value is -1.67. The zero-order chi connectivity index (χ0) is 17.4. The first kappa shape index (κ1) is 16.8. The van der Waals surface area contributed by atoms with E-state index >= 15 is 0 Å². The average molecular weight is 394 g/mol. The summed E-state index contributed by atoms with van der Waals surface area (Å²) in [6, 6.07) is 14.6. The molecule has 1 fully saturated rings. The van der Waals surface area contributed by atoms with Gasteiger partial charge in [-0.25, -0.2) is 13.4 Å². The maximum atomic E-state index is 12.8. The minimum atomic E-state index is -3.57. The number of halogens is 1. The summed E-state index contributed by atoms with van der Waals surface area (Å²) in [5, 5.41) is 1.20. The van der Waals surface area contributed by atoms with Gasteiger partial charge in [0.25, 0.3) is 0 Å². The zero-order valence-electron chi connectivity index (χ0n) is 13.3. The van der Waals surface area contributed by atoms with E-state index in [0.717, 1.165) is 15.3 Å². The van der Waals surface area contributed by atoms with Gasteiger partial charge in [0.05, 0.1) is 15.2 Å². The third-order valence-corrected chi connectivity index (χ3v) is 7.74. The molecule has 0 amide bonds. The molecule has 5 nitrogen and oxygen atoms in total. The minimum Gasteiger partial charge on any atom is -0.345 e. The number of piperazine rings is 1. The standard InChI is InChI=1S/C17H16ClN3O2S2/c18-13-5-1-4-8-16(13)25(22,23)21-11-9-20(10-12-21)17-19-14-6-2-3-7-15(14)24-17/h1-8H,9-12H2. The lowest BCUT2D eigenvalue weighted by Crippen LogP contribution is -2.48. The molecule has 2 aromatic carbocycles. The molecule has 0 atom stereocenters. The van der Waals surface area contributed by atoms with Gasteiger partial charge in [-0.15, -0.1) is 0 Å². The molecule has 0 bridgehead atoms. The quantitative estimate of drug-likeness (QED) is 0.683. The van der Waals surface area contributed by atoms with E-state index in [-0.39, 0.29) is 9.92 Å². The fourth-order valence-electron chi connectivity index (χ4n) is 2.91. The molecule has 25 heavy (non-hydrogen) atoms. The van der Waals surface area contributed by atoms with Crippen molar-refractivity contribution < 1.29 is 8.42 Å². The monoisotopic (exact) mass is 393 g/mol. The van der Waals surface area contributed by atoms with Crippen molar-refractivity contribution in [3.8, 4) is 0 Å². The lowest BCUT2D eigenvalue weighted by atomic mass is 10.3. The Bertz CT molecular complexity index is 978. The normalized spacial score (nSPS) is 16.4. The van der Waals surface area contributed by atoms with E-state index in [1.54, 1.807) is 35.6 Å². The summed E-state index contributed by atoms with van der Waals surface area (Å²) in [4.78, 5) is 6.96. The fourth-order valence-corrected chi connectivity index (χ4v) is 5.84. The maximum Gasteiger partial charge on any atom is 0.244 e. The molecular formula is C17H16ClN3O2S2. The van der Waals surface area contributed by atoms with E-state index in [4.69, 9.17) is 11.6 Å². The van der Waals surface area contributed by atoms with Crippen molar-refractivity contribution in [3.63, 3.8) is 0 Å². The Kier molecular flexibility index (Phi) is 4.41. The topological polar surface area (TPSA) is 53.5 Å². The van der Waals surface area contributed by atoms with Crippen molar-refractivity contribution in [2.24, 2.45) is 0 Å². The first-order valence-electron chi connectivity index (χ1n) is 7.91. The van der Waals surface area contributed by atoms with Gasteiger partial charge in [0.15, 0.2) is 5.13 Å². The first-order valence-corrected chi connectivity index (χ1v) is 10.5. The van der Waals surface area contributed by atoms with Crippen LogP contribution in [-0.2, 0) is 10.0 Å². The Morgan fingerprint density at radius 2 is 1.64 bits per heavy atom. The van der Waals surface area contributed by atoms with E-state index in [2.05, 4.69) is 16.0 Å². The SMILES string of the molecule is O=S(=O)(c1ccccc1Cl)N1CCN(c2nc3ccccc3s2)CC1. The second-order valence-electron chi connectivity index (χ2n) is 5.79. The molecule has 0 saturated carbocycles. The van der Waals surface area contributed by atoms with Crippen LogP contribution >= 0.6 is 22.9 Å². The van der Waals surface area contributed by atoms with Crippen molar-refractivity contribution in [2.75, 3.05) is 31.1 Å². The minimum absolute atomic E-state index is 0.171. The van der Waals surface area contributed by atoms with Crippen LogP contribution in [-0.4, -0.2) is 43.9 Å². The van der Waals surface area contributed by atoms with Crippen LogP contribution in [0.2, 0.25) is 5.02 Å². The lowest BCUT2D eigenvalue weighted by Gasteiger charge is -2.33. The summed E-state index contributed by atoms with van der Waals surface area (Å²) in [5.41, 5.74) is 0.980. The van der Waals surface area contributed by atoms with E-state index in [1.807, 2.05) is 18.2 Å². The van der Waals surface area contributed by atoms with Gasteiger partial charge in [0.1, 0.15) is 4.90 Å². The van der Waals surface area contributed by atoms with Crippen LogP contribution < -0.4 is 4.90 Å². The van der Waals surface area contributed by atoms with Gasteiger partial charge in [0.2, 0.25) is 10.0 Å². The number of thiazole rings is 1. The molecule has 130 valence electrons. The van der Waals surface area contributed by atoms with Gasteiger partial charge in [0, 0.05) is 26.2 Å². The largest absolute Gasteiger partial charge is 0.345 e. The molecule has 0 unspecified atom stereocenters. The third kappa shape index (κ3) is 3.13. The molecular weight excluding hydrogens is 378 g/mol. The van der Waals surface area contributed by atoms with Gasteiger partial charge in [-0.3, -0.25) is 0 Å². The molecule has 4 rings (SSSR count). The first-order chi connectivity index (χ1) is 12.1. The number of aromatic nitrogens is 1. The van der Waals surface area contributed by atoms with Crippen molar-refractivity contribution in [3.05, 3.63) is 53.6 Å². The van der Waals surface area contributed by atoms with E-state index < -0.39 is 10.0 Å². The summed E-state index contributed by atoms with van der Waals surface area (Å²) in [7, 11) is -3.57. The van der Waals surface area contributed by atoms with Gasteiger partial charge in [-0.05, 0) is 24.3 Å². The number of anilines is 1. The van der Waals surface area contributed by atoms with Crippen LogP contribution in [0.3, 0.4) is 0 Å². The van der Waals surface area contributed by atoms with Crippen LogP contribution in [0.1, 0.15) is 0 Å². The van der Waals surface area contributed by atoms with Gasteiger partial charge >= 0.3 is 0 Å². The summed E-state index contributed by atoms with van der Waals surface area (Å²) in [6.45, 7) is 2.07. The molecule has 1 saturated heterocycles. The number of benzene rings is 2. The second-order valence-corrected chi connectivity index (χ2v) is 9.11. The number of rotatable bonds is 3. The lowest BCUT2D eigenvalue weighted by molar-refractivity contribution is 0.385. The van der Waals surface area contributed by atoms with Crippen molar-refractivity contribution in [2.45, 2.75) is 4.90 Å². The highest BCUT2D eigenvalue weighted by molar-refractivity contribution is 7.89. The predicted molar refractivity (Wildman–Crippen MR) is 102 cm³/mol. The summed E-state index contributed by atoms with van der Waals surface area (Å²) in [5.74, 6) is 0. The van der Waals surface area contributed by atoms with Crippen LogP contribution in [0.5, 0.6) is 0 Å². The Balaban J connectivity index is 1.52. The summed E-state index contributed by atoms with van der Waals surface area (Å²) in [6.07, 6.45) is 0. The van der Waals surface area contributed by atoms with Gasteiger partial charge in [-0.1, -0.05) is 47.2 Å². The van der Waals surface area contributed by atoms with Crippen LogP contribution in [0.4, 0.5) is 5.13 Å². The number of sulfonamides is 1. The Labute approximate surface area is 155 Å². The molecule has 3 aromatic rings. The molecule has 2 heterocycles. The van der Waals surface area contributed by atoms with Crippen molar-refractivity contribution >= 4 is 48.3 Å². The highest BCUT2D eigenvalue weighted by Crippen LogP contribution is 2.30. The number of hydrogen-bond acceptors (Lipinski definition) is 5. The summed E-state index contributed by atoms with van der Waals surface area (Å²) < 4.78 is 28.2. The smallest absolute Gasteiger partial charge is 0.244 e. The highest BCUT2D eigenvalue weighted by Gasteiger charge is 2.30. The van der Waals surface area contributed by atoms with E-state index in [1.165, 1.54) is 4.31 Å². The number of fused-ring (bicyclic) bond motifs is 1. The molecule has 1 aliphatic rings. The number of hydrogen-bond donors (Lipinski definition) is 0. The molecule has 0 aliphatic carbocycles. The molecule has 0 radical (unpaired) electrons. The van der Waals surface area contributed by atoms with Gasteiger partial charge in [-0.2, -0.15) is 4.31 Å². The number of para-hydroxylation sites is 1. The second kappa shape index (κ2) is 6.57. The highest BCUT2D eigenvalue weighted by atomic mass is 35.5. The van der Waals surface area contributed by atoms with E-state index in [9.17, 15) is 8.42 Å². The zero-order valence-corrected chi connectivity index (χ0v) is 15.7. The van der Waals surface area contributed by atoms with Gasteiger partial charge < -0.3 is 4.90 Å². The van der Waals surface area contributed by atoms with Crippen LogP contribution in [0.25, 0.3) is 10.2 Å². The fraction of sp³-hybridized carbons (Fsp3) is 0.235. The molecule has 0 N–H and O–H groups in total. The molecule has 8 heteroatoms. The van der Waals surface area contributed by atoms with Crippen LogP contribution in [0.15, 0.2) is 53.4 Å². The average Bonchev–Trinajstić information content (AvgIpc) is 3.06. The molecule has 1 aromatic heterocycles. The Morgan fingerprint density at radius 3 is 2.36 bits per heavy atom. The maximum absolute atomic E-state index is 12.8. The molecule has 1 aliphatic heterocycles. The van der Waals surface area contributed by atoms with E-state index in [0.29, 0.717) is 26.2 Å². The Morgan fingerprint density at radius 1 is 0.960 bits per heavy atom. The van der Waals surface area contributed by atoms with Crippen LogP contribution in [0, 0.1) is 0 Å². The van der Waals surface area contributed by atoms with Crippen molar-refractivity contribution in [1.82, 2.24) is 9.29 Å². The third-order valence-electron chi connectivity index (χ3n) is 4.25. The summed E-state index contributed by atoms with van der Waals surface area (Å²) >= 11 is 7.71.